The van der Waals surface area contributed by atoms with E-state index in [1.165, 1.54) is 0 Å². The molecule has 0 radical (unpaired) electrons. The number of anilines is 1. The molecule has 0 aliphatic carbocycles. The van der Waals surface area contributed by atoms with Gasteiger partial charge in [0.2, 0.25) is 0 Å². The molecular weight excluding hydrogens is 457 g/mol. The molecule has 0 bridgehead atoms. The van der Waals surface area contributed by atoms with E-state index in [9.17, 15) is 5.11 Å². The Morgan fingerprint density at radius 2 is 1.93 bits per heavy atom. The van der Waals surface area contributed by atoms with Crippen LogP contribution in [0.5, 0.6) is 17.2 Å². The first kappa shape index (κ1) is 21.1. The summed E-state index contributed by atoms with van der Waals surface area (Å²) in [5.74, 6) is 2.52. The van der Waals surface area contributed by atoms with Crippen molar-refractivity contribution in [2.24, 2.45) is 4.99 Å². The van der Waals surface area contributed by atoms with E-state index in [4.69, 9.17) is 9.47 Å². The maximum Gasteiger partial charge on any atom is 0.195 e. The molecule has 27 heavy (non-hydrogen) atoms. The van der Waals surface area contributed by atoms with E-state index in [-0.39, 0.29) is 29.7 Å². The molecule has 146 valence electrons. The number of rotatable bonds is 5. The Labute approximate surface area is 177 Å². The van der Waals surface area contributed by atoms with Crippen molar-refractivity contribution in [3.8, 4) is 17.2 Å². The number of guanidine groups is 1. The Bertz CT molecular complexity index is 768. The number of halogens is 1. The Morgan fingerprint density at radius 1 is 1.11 bits per heavy atom. The van der Waals surface area contributed by atoms with Crippen molar-refractivity contribution in [1.82, 2.24) is 5.32 Å². The quantitative estimate of drug-likeness (QED) is 0.343. The molecule has 0 saturated carbocycles. The van der Waals surface area contributed by atoms with E-state index in [1.807, 2.05) is 37.3 Å². The number of aromatic hydroxyl groups is 1. The number of ether oxygens (including phenoxy) is 2. The molecule has 6 nitrogen and oxygen atoms in total. The number of nitrogens with zero attached hydrogens (tertiary/aromatic N) is 1. The van der Waals surface area contributed by atoms with Gasteiger partial charge in [0, 0.05) is 31.3 Å². The van der Waals surface area contributed by atoms with Gasteiger partial charge in [0.1, 0.15) is 5.75 Å². The largest absolute Gasteiger partial charge is 0.508 e. The van der Waals surface area contributed by atoms with Gasteiger partial charge in [-0.2, -0.15) is 0 Å². The van der Waals surface area contributed by atoms with Crippen molar-refractivity contribution in [2.75, 3.05) is 31.6 Å². The fourth-order valence-corrected chi connectivity index (χ4v) is 2.69. The van der Waals surface area contributed by atoms with Crippen LogP contribution in [0.2, 0.25) is 0 Å². The van der Waals surface area contributed by atoms with Crippen molar-refractivity contribution in [3.05, 3.63) is 48.0 Å². The smallest absolute Gasteiger partial charge is 0.195 e. The molecule has 7 heteroatoms. The Hall–Kier alpha value is -2.16. The molecule has 3 rings (SSSR count). The minimum Gasteiger partial charge on any atom is -0.508 e. The highest BCUT2D eigenvalue weighted by Gasteiger charge is 2.11. The van der Waals surface area contributed by atoms with Gasteiger partial charge in [-0.3, -0.25) is 4.99 Å². The van der Waals surface area contributed by atoms with Gasteiger partial charge < -0.3 is 25.2 Å². The highest BCUT2D eigenvalue weighted by Crippen LogP contribution is 2.32. The molecule has 1 aliphatic rings. The number of fused-ring (bicyclic) bond motifs is 1. The molecule has 0 unspecified atom stereocenters. The third kappa shape index (κ3) is 6.50. The van der Waals surface area contributed by atoms with Crippen LogP contribution >= 0.6 is 24.0 Å². The second kappa shape index (κ2) is 10.9. The average Bonchev–Trinajstić information content (AvgIpc) is 2.87. The van der Waals surface area contributed by atoms with Crippen LogP contribution in [0.3, 0.4) is 0 Å². The van der Waals surface area contributed by atoms with Gasteiger partial charge in [0.15, 0.2) is 17.5 Å². The summed E-state index contributed by atoms with van der Waals surface area (Å²) in [5, 5.41) is 16.1. The van der Waals surface area contributed by atoms with Gasteiger partial charge in [0.05, 0.1) is 13.2 Å². The zero-order chi connectivity index (χ0) is 18.2. The van der Waals surface area contributed by atoms with Crippen LogP contribution in [0.1, 0.15) is 18.9 Å². The zero-order valence-corrected chi connectivity index (χ0v) is 17.7. The van der Waals surface area contributed by atoms with Crippen LogP contribution in [0.4, 0.5) is 5.69 Å². The highest BCUT2D eigenvalue weighted by atomic mass is 127. The first-order chi connectivity index (χ1) is 12.7. The predicted molar refractivity (Wildman–Crippen MR) is 119 cm³/mol. The summed E-state index contributed by atoms with van der Waals surface area (Å²) < 4.78 is 11.4. The summed E-state index contributed by atoms with van der Waals surface area (Å²) in [4.78, 5) is 4.61. The van der Waals surface area contributed by atoms with Gasteiger partial charge in [-0.1, -0.05) is 12.1 Å². The summed E-state index contributed by atoms with van der Waals surface area (Å²) in [7, 11) is 0. The molecule has 0 saturated heterocycles. The molecule has 0 spiro atoms. The molecule has 0 fully saturated rings. The molecule has 0 atom stereocenters. The standard InChI is InChI=1S/C20H25N3O3.HI/c1-2-21-20(22-10-9-15-5-3-6-17(24)13-15)23-16-7-8-18-19(14-16)26-12-4-11-25-18;/h3,5-8,13-14,24H,2,4,9-12H2,1H3,(H2,21,22,23);1H. The van der Waals surface area contributed by atoms with Crippen molar-refractivity contribution in [1.29, 1.82) is 0 Å². The van der Waals surface area contributed by atoms with E-state index >= 15 is 0 Å². The van der Waals surface area contributed by atoms with E-state index < -0.39 is 0 Å². The topological polar surface area (TPSA) is 75.1 Å². The van der Waals surface area contributed by atoms with E-state index in [0.717, 1.165) is 42.1 Å². The molecule has 2 aromatic rings. The Kier molecular flexibility index (Phi) is 8.50. The predicted octanol–water partition coefficient (Wildman–Crippen LogP) is 3.79. The van der Waals surface area contributed by atoms with E-state index in [1.54, 1.807) is 12.1 Å². The first-order valence-corrected chi connectivity index (χ1v) is 8.97. The lowest BCUT2D eigenvalue weighted by atomic mass is 10.1. The number of phenols is 1. The van der Waals surface area contributed by atoms with Crippen LogP contribution in [-0.4, -0.2) is 37.4 Å². The third-order valence-corrected chi connectivity index (χ3v) is 3.94. The first-order valence-electron chi connectivity index (χ1n) is 8.97. The molecule has 3 N–H and O–H groups in total. The SMILES string of the molecule is CCNC(=NCCc1cccc(O)c1)Nc1ccc2c(c1)OCCCO2.I. The lowest BCUT2D eigenvalue weighted by Crippen LogP contribution is -2.30. The molecule has 0 amide bonds. The maximum atomic E-state index is 9.53. The number of hydrogen-bond donors (Lipinski definition) is 3. The summed E-state index contributed by atoms with van der Waals surface area (Å²) >= 11 is 0. The van der Waals surface area contributed by atoms with Gasteiger partial charge in [-0.15, -0.1) is 24.0 Å². The summed E-state index contributed by atoms with van der Waals surface area (Å²) in [6.07, 6.45) is 1.64. The molecule has 1 heterocycles. The fourth-order valence-electron chi connectivity index (χ4n) is 2.69. The van der Waals surface area contributed by atoms with Crippen LogP contribution in [-0.2, 0) is 6.42 Å². The number of nitrogens with one attached hydrogen (secondary N) is 2. The number of aliphatic imine (C=N–C) groups is 1. The van der Waals surface area contributed by atoms with Gasteiger partial charge in [-0.25, -0.2) is 0 Å². The van der Waals surface area contributed by atoms with Crippen LogP contribution in [0, 0.1) is 0 Å². The lowest BCUT2D eigenvalue weighted by Gasteiger charge is -2.13. The van der Waals surface area contributed by atoms with E-state index in [2.05, 4.69) is 15.6 Å². The number of benzene rings is 2. The summed E-state index contributed by atoms with van der Waals surface area (Å²) in [5.41, 5.74) is 1.95. The maximum absolute atomic E-state index is 9.53. The van der Waals surface area contributed by atoms with Crippen molar-refractivity contribution in [2.45, 2.75) is 19.8 Å². The highest BCUT2D eigenvalue weighted by molar-refractivity contribution is 14.0. The van der Waals surface area contributed by atoms with Gasteiger partial charge in [-0.05, 0) is 43.2 Å². The lowest BCUT2D eigenvalue weighted by molar-refractivity contribution is 0.297. The minimum absolute atomic E-state index is 0. The Balaban J connectivity index is 0.00000261. The monoisotopic (exact) mass is 483 g/mol. The fraction of sp³-hybridized carbons (Fsp3) is 0.350. The van der Waals surface area contributed by atoms with Crippen LogP contribution < -0.4 is 20.1 Å². The normalized spacial score (nSPS) is 13.3. The summed E-state index contributed by atoms with van der Waals surface area (Å²) in [6, 6.07) is 13.1. The van der Waals surface area contributed by atoms with Crippen molar-refractivity contribution >= 4 is 35.6 Å². The third-order valence-electron chi connectivity index (χ3n) is 3.94. The second-order valence-corrected chi connectivity index (χ2v) is 6.02. The van der Waals surface area contributed by atoms with Crippen LogP contribution in [0.15, 0.2) is 47.5 Å². The molecule has 2 aromatic carbocycles. The number of phenolic OH excluding ortho intramolecular Hbond substituents is 1. The van der Waals surface area contributed by atoms with Gasteiger partial charge >= 0.3 is 0 Å². The van der Waals surface area contributed by atoms with Crippen molar-refractivity contribution in [3.63, 3.8) is 0 Å². The molecule has 0 aromatic heterocycles. The second-order valence-electron chi connectivity index (χ2n) is 6.02. The van der Waals surface area contributed by atoms with Crippen molar-refractivity contribution < 1.29 is 14.6 Å². The number of hydrogen-bond acceptors (Lipinski definition) is 4. The molecular formula is C20H26IN3O3. The van der Waals surface area contributed by atoms with Gasteiger partial charge in [0.25, 0.3) is 0 Å². The Morgan fingerprint density at radius 3 is 2.70 bits per heavy atom. The van der Waals surface area contributed by atoms with Crippen LogP contribution in [0.25, 0.3) is 0 Å². The minimum atomic E-state index is 0. The average molecular weight is 483 g/mol. The summed E-state index contributed by atoms with van der Waals surface area (Å²) in [6.45, 7) is 4.75. The molecule has 1 aliphatic heterocycles. The van der Waals surface area contributed by atoms with E-state index in [0.29, 0.717) is 25.7 Å². The zero-order valence-electron chi connectivity index (χ0n) is 15.4.